The van der Waals surface area contributed by atoms with Gasteiger partial charge in [0.2, 0.25) is 0 Å². The number of amides is 1. The molecule has 0 radical (unpaired) electrons. The van der Waals surface area contributed by atoms with E-state index in [0.29, 0.717) is 10.1 Å². The van der Waals surface area contributed by atoms with Crippen LogP contribution in [0.15, 0.2) is 70.6 Å². The molecule has 0 saturated carbocycles. The first-order valence-electron chi connectivity index (χ1n) is 8.81. The predicted molar refractivity (Wildman–Crippen MR) is 112 cm³/mol. The van der Waals surface area contributed by atoms with Crippen molar-refractivity contribution in [2.75, 3.05) is 0 Å². The van der Waals surface area contributed by atoms with E-state index in [1.807, 2.05) is 60.9 Å². The van der Waals surface area contributed by atoms with E-state index in [1.54, 1.807) is 12.1 Å². The SMILES string of the molecule is Cc1cc(C=C2SC(=Nc3ccccc3)NC2=O)c(C)n1-c1ccc(F)cc1. The van der Waals surface area contributed by atoms with E-state index in [2.05, 4.69) is 10.3 Å². The van der Waals surface area contributed by atoms with Crippen molar-refractivity contribution in [3.05, 3.63) is 88.3 Å². The molecule has 28 heavy (non-hydrogen) atoms. The molecule has 0 aliphatic carbocycles. The van der Waals surface area contributed by atoms with Gasteiger partial charge in [-0.05, 0) is 79.7 Å². The van der Waals surface area contributed by atoms with Crippen molar-refractivity contribution in [1.82, 2.24) is 9.88 Å². The lowest BCUT2D eigenvalue weighted by Crippen LogP contribution is -2.19. The first-order chi connectivity index (χ1) is 13.5. The molecule has 1 aliphatic rings. The fraction of sp³-hybridized carbons (Fsp3) is 0.0909. The number of hydrogen-bond donors (Lipinski definition) is 1. The highest BCUT2D eigenvalue weighted by atomic mass is 32.2. The van der Waals surface area contributed by atoms with Crippen LogP contribution < -0.4 is 5.32 Å². The number of para-hydroxylation sites is 1. The van der Waals surface area contributed by atoms with Gasteiger partial charge in [-0.2, -0.15) is 0 Å². The maximum absolute atomic E-state index is 13.2. The lowest BCUT2D eigenvalue weighted by atomic mass is 10.2. The number of thioether (sulfide) groups is 1. The van der Waals surface area contributed by atoms with Crippen LogP contribution in [0.25, 0.3) is 11.8 Å². The van der Waals surface area contributed by atoms with Gasteiger partial charge in [-0.1, -0.05) is 18.2 Å². The number of rotatable bonds is 3. The second-order valence-corrected chi connectivity index (χ2v) is 7.49. The number of halogens is 1. The number of amidine groups is 1. The van der Waals surface area contributed by atoms with Crippen LogP contribution >= 0.6 is 11.8 Å². The van der Waals surface area contributed by atoms with Gasteiger partial charge in [-0.3, -0.25) is 4.79 Å². The molecule has 4 nitrogen and oxygen atoms in total. The smallest absolute Gasteiger partial charge is 0.264 e. The standard InChI is InChI=1S/C22H18FN3OS/c1-14-12-16(15(2)26(14)19-10-8-17(23)9-11-19)13-20-21(27)25-22(28-20)24-18-6-4-3-5-7-18/h3-13H,1-2H3,(H,24,25,27). The topological polar surface area (TPSA) is 46.4 Å². The first-order valence-corrected chi connectivity index (χ1v) is 9.62. The number of nitrogens with zero attached hydrogens (tertiary/aromatic N) is 2. The molecule has 0 spiro atoms. The van der Waals surface area contributed by atoms with Gasteiger partial charge in [-0.25, -0.2) is 9.38 Å². The van der Waals surface area contributed by atoms with Gasteiger partial charge in [0.25, 0.3) is 5.91 Å². The van der Waals surface area contributed by atoms with Crippen LogP contribution in [-0.2, 0) is 4.79 Å². The summed E-state index contributed by atoms with van der Waals surface area (Å²) in [5, 5.41) is 3.37. The molecule has 1 aliphatic heterocycles. The lowest BCUT2D eigenvalue weighted by molar-refractivity contribution is -0.115. The Bertz CT molecular complexity index is 1100. The number of aryl methyl sites for hydroxylation is 1. The van der Waals surface area contributed by atoms with Gasteiger partial charge in [0, 0.05) is 17.1 Å². The summed E-state index contributed by atoms with van der Waals surface area (Å²) in [7, 11) is 0. The zero-order chi connectivity index (χ0) is 19.7. The molecule has 3 aromatic rings. The summed E-state index contributed by atoms with van der Waals surface area (Å²) in [6.07, 6.45) is 1.87. The van der Waals surface area contributed by atoms with Crippen molar-refractivity contribution in [1.29, 1.82) is 0 Å². The third-order valence-corrected chi connectivity index (χ3v) is 5.39. The number of carbonyl (C=O) groups excluding carboxylic acids is 1. The number of benzene rings is 2. The maximum atomic E-state index is 13.2. The normalized spacial score (nSPS) is 16.8. The summed E-state index contributed by atoms with van der Waals surface area (Å²) < 4.78 is 15.3. The fourth-order valence-electron chi connectivity index (χ4n) is 3.16. The Kier molecular flexibility index (Phi) is 4.88. The van der Waals surface area contributed by atoms with Crippen LogP contribution in [0.5, 0.6) is 0 Å². The zero-order valence-electron chi connectivity index (χ0n) is 15.4. The van der Waals surface area contributed by atoms with Gasteiger partial charge in [0.15, 0.2) is 5.17 Å². The summed E-state index contributed by atoms with van der Waals surface area (Å²) in [5.74, 6) is -0.427. The molecule has 2 heterocycles. The van der Waals surface area contributed by atoms with Crippen LogP contribution in [0.3, 0.4) is 0 Å². The number of aromatic nitrogens is 1. The van der Waals surface area contributed by atoms with Crippen LogP contribution in [0.4, 0.5) is 10.1 Å². The summed E-state index contributed by atoms with van der Waals surface area (Å²) in [5.41, 5.74) is 4.62. The van der Waals surface area contributed by atoms with Crippen molar-refractivity contribution < 1.29 is 9.18 Å². The maximum Gasteiger partial charge on any atom is 0.264 e. The highest BCUT2D eigenvalue weighted by Gasteiger charge is 2.24. The Morgan fingerprint density at radius 2 is 1.79 bits per heavy atom. The minimum atomic E-state index is -0.266. The van der Waals surface area contributed by atoms with Gasteiger partial charge in [0.1, 0.15) is 5.82 Å². The molecule has 2 aromatic carbocycles. The van der Waals surface area contributed by atoms with Crippen molar-refractivity contribution in [3.63, 3.8) is 0 Å². The molecule has 0 unspecified atom stereocenters. The first kappa shape index (κ1) is 18.3. The molecule has 1 N–H and O–H groups in total. The quantitative estimate of drug-likeness (QED) is 0.630. The predicted octanol–water partition coefficient (Wildman–Crippen LogP) is 5.12. The van der Waals surface area contributed by atoms with Crippen LogP contribution in [0.2, 0.25) is 0 Å². The van der Waals surface area contributed by atoms with E-state index < -0.39 is 0 Å². The number of aliphatic imine (C=N–C) groups is 1. The molecular weight excluding hydrogens is 373 g/mol. The van der Waals surface area contributed by atoms with Crippen LogP contribution in [0, 0.1) is 19.7 Å². The molecule has 1 amide bonds. The molecule has 1 saturated heterocycles. The monoisotopic (exact) mass is 391 g/mol. The third-order valence-electron chi connectivity index (χ3n) is 4.48. The van der Waals surface area contributed by atoms with Gasteiger partial charge < -0.3 is 9.88 Å². The van der Waals surface area contributed by atoms with Gasteiger partial charge in [-0.15, -0.1) is 0 Å². The van der Waals surface area contributed by atoms with E-state index in [9.17, 15) is 9.18 Å². The summed E-state index contributed by atoms with van der Waals surface area (Å²) in [6.45, 7) is 3.97. The molecular formula is C22H18FN3OS. The average molecular weight is 391 g/mol. The van der Waals surface area contributed by atoms with Crippen molar-refractivity contribution in [2.45, 2.75) is 13.8 Å². The zero-order valence-corrected chi connectivity index (χ0v) is 16.3. The minimum absolute atomic E-state index is 0.161. The Hall–Kier alpha value is -3.12. The van der Waals surface area contributed by atoms with E-state index in [1.165, 1.54) is 23.9 Å². The molecule has 0 bridgehead atoms. The number of nitrogens with one attached hydrogen (secondary N) is 1. The molecule has 6 heteroatoms. The number of hydrogen-bond acceptors (Lipinski definition) is 3. The Labute approximate surface area is 166 Å². The molecule has 0 atom stereocenters. The highest BCUT2D eigenvalue weighted by molar-refractivity contribution is 8.18. The molecule has 4 rings (SSSR count). The van der Waals surface area contributed by atoms with Crippen molar-refractivity contribution in [2.24, 2.45) is 4.99 Å². The van der Waals surface area contributed by atoms with Crippen LogP contribution in [0.1, 0.15) is 17.0 Å². The minimum Gasteiger partial charge on any atom is -0.318 e. The Morgan fingerprint density at radius 1 is 1.07 bits per heavy atom. The summed E-state index contributed by atoms with van der Waals surface area (Å²) >= 11 is 1.32. The summed E-state index contributed by atoms with van der Waals surface area (Å²) in [4.78, 5) is 17.4. The van der Waals surface area contributed by atoms with E-state index in [0.717, 1.165) is 28.3 Å². The van der Waals surface area contributed by atoms with E-state index >= 15 is 0 Å². The molecule has 140 valence electrons. The van der Waals surface area contributed by atoms with Crippen molar-refractivity contribution in [3.8, 4) is 5.69 Å². The second kappa shape index (κ2) is 7.48. The van der Waals surface area contributed by atoms with Crippen LogP contribution in [-0.4, -0.2) is 15.6 Å². The van der Waals surface area contributed by atoms with E-state index in [-0.39, 0.29) is 11.7 Å². The largest absolute Gasteiger partial charge is 0.318 e. The highest BCUT2D eigenvalue weighted by Crippen LogP contribution is 2.30. The average Bonchev–Trinajstić information content (AvgIpc) is 3.16. The Morgan fingerprint density at radius 3 is 2.50 bits per heavy atom. The third kappa shape index (κ3) is 3.64. The Balaban J connectivity index is 1.64. The molecule has 1 aromatic heterocycles. The van der Waals surface area contributed by atoms with Crippen molar-refractivity contribution >= 4 is 34.6 Å². The number of carbonyl (C=O) groups is 1. The van der Waals surface area contributed by atoms with Gasteiger partial charge >= 0.3 is 0 Å². The fourth-order valence-corrected chi connectivity index (χ4v) is 4.00. The summed E-state index contributed by atoms with van der Waals surface area (Å²) in [6, 6.07) is 17.9. The van der Waals surface area contributed by atoms with E-state index in [4.69, 9.17) is 0 Å². The second-order valence-electron chi connectivity index (χ2n) is 6.46. The molecule has 1 fully saturated rings. The van der Waals surface area contributed by atoms with Gasteiger partial charge in [0.05, 0.1) is 10.6 Å². The lowest BCUT2D eigenvalue weighted by Gasteiger charge is -2.09.